The molecule has 17 heavy (non-hydrogen) atoms. The van der Waals surface area contributed by atoms with Crippen molar-refractivity contribution in [2.75, 3.05) is 0 Å². The lowest BCUT2D eigenvalue weighted by Crippen LogP contribution is -2.00. The molecular formula is C14H12BrFO. The topological polar surface area (TPSA) is 20.2 Å². The van der Waals surface area contributed by atoms with E-state index in [0.717, 1.165) is 11.1 Å². The van der Waals surface area contributed by atoms with Gasteiger partial charge in [-0.1, -0.05) is 51.8 Å². The molecule has 3 heteroatoms. The van der Waals surface area contributed by atoms with E-state index in [1.165, 1.54) is 12.1 Å². The maximum absolute atomic E-state index is 13.0. The van der Waals surface area contributed by atoms with E-state index in [2.05, 4.69) is 15.9 Å². The van der Waals surface area contributed by atoms with Crippen LogP contribution in [0, 0.1) is 12.7 Å². The van der Waals surface area contributed by atoms with Crippen LogP contribution in [-0.2, 0) is 0 Å². The Balaban J connectivity index is 2.36. The van der Waals surface area contributed by atoms with Gasteiger partial charge in [-0.15, -0.1) is 0 Å². The predicted molar refractivity (Wildman–Crippen MR) is 69.3 cm³/mol. The van der Waals surface area contributed by atoms with E-state index < -0.39 is 6.10 Å². The third-order valence-electron chi connectivity index (χ3n) is 2.65. The van der Waals surface area contributed by atoms with E-state index in [-0.39, 0.29) is 5.82 Å². The number of benzene rings is 2. The Morgan fingerprint density at radius 3 is 2.35 bits per heavy atom. The van der Waals surface area contributed by atoms with Crippen LogP contribution in [0.25, 0.3) is 0 Å². The average molecular weight is 295 g/mol. The zero-order valence-electron chi connectivity index (χ0n) is 9.32. The molecule has 1 unspecified atom stereocenters. The number of halogens is 2. The summed E-state index contributed by atoms with van der Waals surface area (Å²) in [7, 11) is 0. The summed E-state index contributed by atoms with van der Waals surface area (Å²) in [5, 5.41) is 10.2. The second kappa shape index (κ2) is 4.98. The SMILES string of the molecule is Cc1ccc(C(O)c2ccc(F)cc2Br)cc1. The van der Waals surface area contributed by atoms with Gasteiger partial charge < -0.3 is 5.11 Å². The first-order valence-electron chi connectivity index (χ1n) is 5.27. The lowest BCUT2D eigenvalue weighted by Gasteiger charge is -2.13. The fraction of sp³-hybridized carbons (Fsp3) is 0.143. The molecule has 1 nitrogen and oxygen atoms in total. The van der Waals surface area contributed by atoms with Crippen molar-refractivity contribution in [3.63, 3.8) is 0 Å². The normalized spacial score (nSPS) is 12.5. The number of aliphatic hydroxyl groups is 1. The van der Waals surface area contributed by atoms with E-state index in [1.807, 2.05) is 31.2 Å². The highest BCUT2D eigenvalue weighted by atomic mass is 79.9. The highest BCUT2D eigenvalue weighted by molar-refractivity contribution is 9.10. The maximum atomic E-state index is 13.0. The molecule has 0 bridgehead atoms. The zero-order chi connectivity index (χ0) is 12.4. The molecule has 0 aromatic heterocycles. The van der Waals surface area contributed by atoms with Gasteiger partial charge in [0.2, 0.25) is 0 Å². The van der Waals surface area contributed by atoms with Crippen LogP contribution in [0.3, 0.4) is 0 Å². The van der Waals surface area contributed by atoms with Crippen LogP contribution in [0.4, 0.5) is 4.39 Å². The summed E-state index contributed by atoms with van der Waals surface area (Å²) in [5.74, 6) is -0.322. The monoisotopic (exact) mass is 294 g/mol. The van der Waals surface area contributed by atoms with Crippen LogP contribution in [0.5, 0.6) is 0 Å². The van der Waals surface area contributed by atoms with Gasteiger partial charge in [-0.3, -0.25) is 0 Å². The van der Waals surface area contributed by atoms with Crippen molar-refractivity contribution in [2.45, 2.75) is 13.0 Å². The summed E-state index contributed by atoms with van der Waals surface area (Å²) in [4.78, 5) is 0. The van der Waals surface area contributed by atoms with Gasteiger partial charge in [0, 0.05) is 4.47 Å². The van der Waals surface area contributed by atoms with Crippen molar-refractivity contribution < 1.29 is 9.50 Å². The van der Waals surface area contributed by atoms with Crippen molar-refractivity contribution in [1.29, 1.82) is 0 Å². The number of rotatable bonds is 2. The van der Waals surface area contributed by atoms with Gasteiger partial charge in [-0.05, 0) is 30.2 Å². The van der Waals surface area contributed by atoms with Crippen LogP contribution in [0.2, 0.25) is 0 Å². The van der Waals surface area contributed by atoms with Gasteiger partial charge in [0.15, 0.2) is 0 Å². The Morgan fingerprint density at radius 2 is 1.76 bits per heavy atom. The summed E-state index contributed by atoms with van der Waals surface area (Å²) in [6.45, 7) is 1.99. The fourth-order valence-corrected chi connectivity index (χ4v) is 2.22. The molecule has 2 aromatic rings. The summed E-state index contributed by atoms with van der Waals surface area (Å²) in [5.41, 5.74) is 2.59. The van der Waals surface area contributed by atoms with E-state index in [9.17, 15) is 9.50 Å². The van der Waals surface area contributed by atoms with Gasteiger partial charge in [-0.25, -0.2) is 4.39 Å². The van der Waals surface area contributed by atoms with E-state index in [4.69, 9.17) is 0 Å². The van der Waals surface area contributed by atoms with Crippen molar-refractivity contribution in [3.8, 4) is 0 Å². The Morgan fingerprint density at radius 1 is 1.12 bits per heavy atom. The van der Waals surface area contributed by atoms with Crippen LogP contribution in [-0.4, -0.2) is 5.11 Å². The summed E-state index contributed by atoms with van der Waals surface area (Å²) in [6, 6.07) is 11.9. The fourth-order valence-electron chi connectivity index (χ4n) is 1.65. The number of hydrogen-bond acceptors (Lipinski definition) is 1. The van der Waals surface area contributed by atoms with Crippen molar-refractivity contribution in [2.24, 2.45) is 0 Å². The third-order valence-corrected chi connectivity index (χ3v) is 3.34. The van der Waals surface area contributed by atoms with Gasteiger partial charge in [0.1, 0.15) is 11.9 Å². The molecule has 0 fully saturated rings. The lowest BCUT2D eigenvalue weighted by molar-refractivity contribution is 0.219. The quantitative estimate of drug-likeness (QED) is 0.888. The first-order valence-corrected chi connectivity index (χ1v) is 6.07. The summed E-state index contributed by atoms with van der Waals surface area (Å²) < 4.78 is 13.5. The Labute approximate surface area is 108 Å². The minimum atomic E-state index is -0.745. The van der Waals surface area contributed by atoms with Gasteiger partial charge in [-0.2, -0.15) is 0 Å². The van der Waals surface area contributed by atoms with Crippen molar-refractivity contribution >= 4 is 15.9 Å². The molecule has 2 rings (SSSR count). The molecule has 88 valence electrons. The second-order valence-electron chi connectivity index (χ2n) is 3.98. The highest BCUT2D eigenvalue weighted by Crippen LogP contribution is 2.29. The Bertz CT molecular complexity index is 522. The highest BCUT2D eigenvalue weighted by Gasteiger charge is 2.13. The molecule has 1 atom stereocenters. The van der Waals surface area contributed by atoms with E-state index in [1.54, 1.807) is 6.07 Å². The summed E-state index contributed by atoms with van der Waals surface area (Å²) in [6.07, 6.45) is -0.745. The number of aliphatic hydroxyl groups excluding tert-OH is 1. The predicted octanol–water partition coefficient (Wildman–Crippen LogP) is 3.98. The average Bonchev–Trinajstić information content (AvgIpc) is 2.29. The maximum Gasteiger partial charge on any atom is 0.124 e. The van der Waals surface area contributed by atoms with E-state index >= 15 is 0 Å². The number of aryl methyl sites for hydroxylation is 1. The zero-order valence-corrected chi connectivity index (χ0v) is 10.9. The molecule has 0 amide bonds. The van der Waals surface area contributed by atoms with Crippen molar-refractivity contribution in [3.05, 3.63) is 69.4 Å². The third kappa shape index (κ3) is 2.73. The molecule has 0 aliphatic carbocycles. The van der Waals surface area contributed by atoms with Gasteiger partial charge in [0.05, 0.1) is 0 Å². The second-order valence-corrected chi connectivity index (χ2v) is 4.83. The van der Waals surface area contributed by atoms with Gasteiger partial charge in [0.25, 0.3) is 0 Å². The Hall–Kier alpha value is -1.19. The van der Waals surface area contributed by atoms with Crippen LogP contribution in [0.15, 0.2) is 46.9 Å². The molecule has 0 spiro atoms. The summed E-state index contributed by atoms with van der Waals surface area (Å²) >= 11 is 3.26. The largest absolute Gasteiger partial charge is 0.384 e. The molecule has 0 radical (unpaired) electrons. The van der Waals surface area contributed by atoms with E-state index in [0.29, 0.717) is 10.0 Å². The van der Waals surface area contributed by atoms with Crippen molar-refractivity contribution in [1.82, 2.24) is 0 Å². The standard InChI is InChI=1S/C14H12BrFO/c1-9-2-4-10(5-3-9)14(17)12-7-6-11(16)8-13(12)15/h2-8,14,17H,1H3. The smallest absolute Gasteiger partial charge is 0.124 e. The molecule has 0 aliphatic rings. The molecular weight excluding hydrogens is 283 g/mol. The minimum Gasteiger partial charge on any atom is -0.384 e. The van der Waals surface area contributed by atoms with Gasteiger partial charge >= 0.3 is 0 Å². The first-order chi connectivity index (χ1) is 8.08. The van der Waals surface area contributed by atoms with Crippen LogP contribution >= 0.6 is 15.9 Å². The molecule has 1 N–H and O–H groups in total. The first kappa shape index (κ1) is 12.3. The molecule has 0 saturated carbocycles. The molecule has 0 aliphatic heterocycles. The lowest BCUT2D eigenvalue weighted by atomic mass is 10.0. The Kier molecular flexibility index (Phi) is 3.60. The number of hydrogen-bond donors (Lipinski definition) is 1. The minimum absolute atomic E-state index is 0.322. The molecule has 0 saturated heterocycles. The molecule has 2 aromatic carbocycles. The van der Waals surface area contributed by atoms with Crippen LogP contribution in [0.1, 0.15) is 22.8 Å². The van der Waals surface area contributed by atoms with Crippen LogP contribution < -0.4 is 0 Å². The molecule has 0 heterocycles.